The summed E-state index contributed by atoms with van der Waals surface area (Å²) >= 11 is 0. The van der Waals surface area contributed by atoms with E-state index in [0.717, 1.165) is 25.7 Å². The van der Waals surface area contributed by atoms with Crippen molar-refractivity contribution in [1.29, 1.82) is 0 Å². The Labute approximate surface area is 151 Å². The van der Waals surface area contributed by atoms with Gasteiger partial charge in [0.2, 0.25) is 0 Å². The van der Waals surface area contributed by atoms with Crippen molar-refractivity contribution in [3.8, 4) is 6.01 Å². The molecule has 0 saturated heterocycles. The van der Waals surface area contributed by atoms with Gasteiger partial charge in [-0.15, -0.1) is 0 Å². The zero-order valence-electron chi connectivity index (χ0n) is 14.6. The van der Waals surface area contributed by atoms with E-state index in [0.29, 0.717) is 17.1 Å². The molecule has 1 amide bonds. The maximum atomic E-state index is 12.4. The molecule has 0 unspecified atom stereocenters. The average Bonchev–Trinajstić information content (AvgIpc) is 2.70. The number of hydrogen-bond acceptors (Lipinski definition) is 6. The molecule has 3 rings (SSSR count). The molecule has 1 aliphatic carbocycles. The highest BCUT2D eigenvalue weighted by atomic mass is 16.5. The molecule has 7 nitrogen and oxygen atoms in total. The van der Waals surface area contributed by atoms with E-state index in [4.69, 9.17) is 4.74 Å². The van der Waals surface area contributed by atoms with Crippen molar-refractivity contribution in [2.45, 2.75) is 37.8 Å². The Morgan fingerprint density at radius 2 is 1.62 bits per heavy atom. The van der Waals surface area contributed by atoms with E-state index in [-0.39, 0.29) is 18.1 Å². The summed E-state index contributed by atoms with van der Waals surface area (Å²) in [6, 6.07) is 8.69. The van der Waals surface area contributed by atoms with Crippen molar-refractivity contribution in [3.05, 3.63) is 53.9 Å². The zero-order chi connectivity index (χ0) is 18.4. The number of esters is 1. The number of benzene rings is 1. The minimum atomic E-state index is -0.419. The van der Waals surface area contributed by atoms with Gasteiger partial charge in [-0.3, -0.25) is 4.79 Å². The van der Waals surface area contributed by atoms with Crippen LogP contribution in [0.4, 0.5) is 0 Å². The van der Waals surface area contributed by atoms with Gasteiger partial charge < -0.3 is 14.8 Å². The van der Waals surface area contributed by atoms with E-state index in [1.165, 1.54) is 7.11 Å². The molecule has 2 aromatic rings. The number of amides is 1. The van der Waals surface area contributed by atoms with Gasteiger partial charge in [-0.25, -0.2) is 14.8 Å². The number of carbonyl (C=O) groups is 2. The van der Waals surface area contributed by atoms with Crippen LogP contribution < -0.4 is 10.1 Å². The fourth-order valence-corrected chi connectivity index (χ4v) is 2.96. The summed E-state index contributed by atoms with van der Waals surface area (Å²) in [6.07, 6.45) is 6.73. The van der Waals surface area contributed by atoms with Crippen LogP contribution in [0, 0.1) is 0 Å². The molecule has 0 bridgehead atoms. The first-order chi connectivity index (χ1) is 12.7. The van der Waals surface area contributed by atoms with E-state index >= 15 is 0 Å². The summed E-state index contributed by atoms with van der Waals surface area (Å²) in [5.74, 6) is -0.560. The van der Waals surface area contributed by atoms with Crippen LogP contribution in [0.1, 0.15) is 46.4 Å². The number of nitrogens with one attached hydrogen (secondary N) is 1. The van der Waals surface area contributed by atoms with Crippen LogP contribution in [0.15, 0.2) is 42.7 Å². The third-order valence-electron chi connectivity index (χ3n) is 4.39. The maximum Gasteiger partial charge on any atom is 0.337 e. The van der Waals surface area contributed by atoms with E-state index in [9.17, 15) is 9.59 Å². The van der Waals surface area contributed by atoms with Crippen molar-refractivity contribution in [2.75, 3.05) is 7.11 Å². The van der Waals surface area contributed by atoms with Crippen molar-refractivity contribution in [1.82, 2.24) is 15.3 Å². The maximum absolute atomic E-state index is 12.4. The Morgan fingerprint density at radius 1 is 1.00 bits per heavy atom. The number of hydrogen-bond donors (Lipinski definition) is 1. The first-order valence-corrected chi connectivity index (χ1v) is 8.58. The van der Waals surface area contributed by atoms with Gasteiger partial charge in [0.1, 0.15) is 6.10 Å². The summed E-state index contributed by atoms with van der Waals surface area (Å²) in [6.45, 7) is 0. The number of rotatable bonds is 5. The molecule has 1 fully saturated rings. The number of methoxy groups -OCH3 is 1. The molecule has 1 saturated carbocycles. The average molecular weight is 355 g/mol. The molecule has 1 aromatic carbocycles. The first kappa shape index (κ1) is 17.8. The van der Waals surface area contributed by atoms with Crippen molar-refractivity contribution < 1.29 is 19.1 Å². The van der Waals surface area contributed by atoms with E-state index in [2.05, 4.69) is 20.0 Å². The third kappa shape index (κ3) is 4.56. The highest BCUT2D eigenvalue weighted by Gasteiger charge is 2.24. The fourth-order valence-electron chi connectivity index (χ4n) is 2.96. The molecule has 136 valence electrons. The Balaban J connectivity index is 1.48. The number of nitrogens with zero attached hydrogens (tertiary/aromatic N) is 2. The topological polar surface area (TPSA) is 90.4 Å². The standard InChI is InChI=1S/C19H21N3O4/c1-25-18(24)14-5-3-13(4-6-14)17(23)22-15-7-9-16(10-8-15)26-19-20-11-2-12-21-19/h2-6,11-12,15-16H,7-10H2,1H3,(H,22,23). The molecule has 1 heterocycles. The van der Waals surface area contributed by atoms with Gasteiger partial charge in [0, 0.05) is 24.0 Å². The molecule has 26 heavy (non-hydrogen) atoms. The van der Waals surface area contributed by atoms with Gasteiger partial charge in [-0.05, 0) is 56.0 Å². The second-order valence-corrected chi connectivity index (χ2v) is 6.17. The molecule has 0 spiro atoms. The van der Waals surface area contributed by atoms with Crippen molar-refractivity contribution >= 4 is 11.9 Å². The summed E-state index contributed by atoms with van der Waals surface area (Å²) in [5, 5.41) is 3.04. The number of carbonyl (C=O) groups excluding carboxylic acids is 2. The predicted octanol–water partition coefficient (Wildman–Crippen LogP) is 2.38. The lowest BCUT2D eigenvalue weighted by atomic mass is 9.92. The second-order valence-electron chi connectivity index (χ2n) is 6.17. The smallest absolute Gasteiger partial charge is 0.337 e. The highest BCUT2D eigenvalue weighted by molar-refractivity contribution is 5.96. The summed E-state index contributed by atoms with van der Waals surface area (Å²) in [5.41, 5.74) is 0.943. The first-order valence-electron chi connectivity index (χ1n) is 8.58. The van der Waals surface area contributed by atoms with E-state index in [1.54, 1.807) is 42.7 Å². The van der Waals surface area contributed by atoms with Gasteiger partial charge in [0.15, 0.2) is 0 Å². The monoisotopic (exact) mass is 355 g/mol. The molecule has 0 atom stereocenters. The Morgan fingerprint density at radius 3 is 2.23 bits per heavy atom. The zero-order valence-corrected chi connectivity index (χ0v) is 14.6. The minimum absolute atomic E-state index is 0.0740. The van der Waals surface area contributed by atoms with E-state index < -0.39 is 5.97 Å². The summed E-state index contributed by atoms with van der Waals surface area (Å²) in [4.78, 5) is 31.9. The molecule has 0 aliphatic heterocycles. The van der Waals surface area contributed by atoms with Crippen LogP contribution in [0.2, 0.25) is 0 Å². The van der Waals surface area contributed by atoms with Gasteiger partial charge in [-0.2, -0.15) is 0 Å². The van der Waals surface area contributed by atoms with E-state index in [1.807, 2.05) is 0 Å². The highest BCUT2D eigenvalue weighted by Crippen LogP contribution is 2.22. The largest absolute Gasteiger partial charge is 0.465 e. The van der Waals surface area contributed by atoms with Gasteiger partial charge >= 0.3 is 12.0 Å². The van der Waals surface area contributed by atoms with Gasteiger partial charge in [-0.1, -0.05) is 0 Å². The van der Waals surface area contributed by atoms with Gasteiger partial charge in [0.25, 0.3) is 5.91 Å². The van der Waals surface area contributed by atoms with Gasteiger partial charge in [0.05, 0.1) is 12.7 Å². The van der Waals surface area contributed by atoms with Crippen molar-refractivity contribution in [2.24, 2.45) is 0 Å². The Kier molecular flexibility index (Phi) is 5.78. The Hall–Kier alpha value is -2.96. The number of aromatic nitrogens is 2. The van der Waals surface area contributed by atoms with Crippen LogP contribution in [0.5, 0.6) is 6.01 Å². The molecule has 1 aromatic heterocycles. The normalized spacial score (nSPS) is 19.4. The second kappa shape index (κ2) is 8.42. The van der Waals surface area contributed by atoms with Crippen LogP contribution in [0.25, 0.3) is 0 Å². The molecule has 1 N–H and O–H groups in total. The SMILES string of the molecule is COC(=O)c1ccc(C(=O)NC2CCC(Oc3ncccn3)CC2)cc1. The lowest BCUT2D eigenvalue weighted by Crippen LogP contribution is -2.39. The summed E-state index contributed by atoms with van der Waals surface area (Å²) in [7, 11) is 1.33. The Bertz CT molecular complexity index is 741. The van der Waals surface area contributed by atoms with Crippen molar-refractivity contribution in [3.63, 3.8) is 0 Å². The minimum Gasteiger partial charge on any atom is -0.465 e. The quantitative estimate of drug-likeness (QED) is 0.828. The molecular formula is C19H21N3O4. The molecule has 0 radical (unpaired) electrons. The number of ether oxygens (including phenoxy) is 2. The van der Waals surface area contributed by atoms with Crippen LogP contribution in [0.3, 0.4) is 0 Å². The van der Waals surface area contributed by atoms with Crippen LogP contribution in [-0.2, 0) is 4.74 Å². The predicted molar refractivity (Wildman–Crippen MR) is 94.0 cm³/mol. The third-order valence-corrected chi connectivity index (χ3v) is 4.39. The lowest BCUT2D eigenvalue weighted by molar-refractivity contribution is 0.0600. The molecular weight excluding hydrogens is 334 g/mol. The fraction of sp³-hybridized carbons (Fsp3) is 0.368. The molecule has 7 heteroatoms. The lowest BCUT2D eigenvalue weighted by Gasteiger charge is -2.28. The van der Waals surface area contributed by atoms with Crippen LogP contribution >= 0.6 is 0 Å². The summed E-state index contributed by atoms with van der Waals surface area (Å²) < 4.78 is 10.4. The molecule has 1 aliphatic rings. The van der Waals surface area contributed by atoms with Crippen LogP contribution in [-0.4, -0.2) is 41.1 Å².